The highest BCUT2D eigenvalue weighted by atomic mass is 32.1. The minimum Gasteiger partial charge on any atom is -0.336 e. The molecule has 0 aromatic carbocycles. The first kappa shape index (κ1) is 11.4. The van der Waals surface area contributed by atoms with E-state index in [9.17, 15) is 4.79 Å². The summed E-state index contributed by atoms with van der Waals surface area (Å²) in [6.45, 7) is 3.24. The van der Waals surface area contributed by atoms with Crippen molar-refractivity contribution in [1.29, 1.82) is 0 Å². The van der Waals surface area contributed by atoms with Gasteiger partial charge in [-0.25, -0.2) is 0 Å². The molecular formula is C11H15N3OS. The predicted molar refractivity (Wildman–Crippen MR) is 65.3 cm³/mol. The number of hydrogen-bond acceptors (Lipinski definition) is 4. The third-order valence-electron chi connectivity index (χ3n) is 2.64. The van der Waals surface area contributed by atoms with Gasteiger partial charge in [0, 0.05) is 32.4 Å². The van der Waals surface area contributed by atoms with Crippen LogP contribution in [0.25, 0.3) is 0 Å². The van der Waals surface area contributed by atoms with Gasteiger partial charge in [-0.15, -0.1) is 0 Å². The predicted octanol–water partition coefficient (Wildman–Crippen LogP) is 1.07. The lowest BCUT2D eigenvalue weighted by molar-refractivity contribution is 0.0759. The van der Waals surface area contributed by atoms with E-state index in [4.69, 9.17) is 0 Å². The number of rotatable bonds is 1. The van der Waals surface area contributed by atoms with E-state index in [2.05, 4.69) is 17.8 Å². The number of nitrogens with zero attached hydrogens (tertiary/aromatic N) is 3. The Morgan fingerprint density at radius 2 is 2.12 bits per heavy atom. The maximum Gasteiger partial charge on any atom is 0.272 e. The van der Waals surface area contributed by atoms with Crippen LogP contribution in [0.15, 0.2) is 24.4 Å². The van der Waals surface area contributed by atoms with Crippen LogP contribution >= 0.6 is 12.8 Å². The second-order valence-electron chi connectivity index (χ2n) is 3.81. The summed E-state index contributed by atoms with van der Waals surface area (Å²) in [5.74, 6) is 0.0178. The largest absolute Gasteiger partial charge is 0.336 e. The van der Waals surface area contributed by atoms with Crippen molar-refractivity contribution in [2.45, 2.75) is 6.42 Å². The van der Waals surface area contributed by atoms with Gasteiger partial charge in [-0.1, -0.05) is 18.9 Å². The summed E-state index contributed by atoms with van der Waals surface area (Å²) in [6.07, 6.45) is 2.61. The van der Waals surface area contributed by atoms with Gasteiger partial charge in [0.1, 0.15) is 5.69 Å². The molecule has 5 heteroatoms. The van der Waals surface area contributed by atoms with Crippen molar-refractivity contribution in [3.8, 4) is 0 Å². The zero-order valence-electron chi connectivity index (χ0n) is 9.04. The van der Waals surface area contributed by atoms with Crippen molar-refractivity contribution in [2.24, 2.45) is 0 Å². The minimum atomic E-state index is 0.0178. The number of pyridine rings is 1. The van der Waals surface area contributed by atoms with Crippen molar-refractivity contribution < 1.29 is 4.79 Å². The van der Waals surface area contributed by atoms with E-state index in [1.165, 1.54) is 0 Å². The Morgan fingerprint density at radius 3 is 2.88 bits per heavy atom. The van der Waals surface area contributed by atoms with Gasteiger partial charge in [0.15, 0.2) is 0 Å². The molecule has 86 valence electrons. The number of carbonyl (C=O) groups is 1. The lowest BCUT2D eigenvalue weighted by atomic mass is 10.3. The Balaban J connectivity index is 2.04. The standard InChI is InChI=1S/C11H15N3OS/c15-11(10-4-1-2-5-12-10)13-6-3-7-14(16)9-8-13/h1-2,4-5,16H,3,6-9H2. The topological polar surface area (TPSA) is 36.4 Å². The van der Waals surface area contributed by atoms with Crippen LogP contribution in [0.3, 0.4) is 0 Å². The molecule has 1 saturated heterocycles. The Bertz CT molecular complexity index is 358. The van der Waals surface area contributed by atoms with Gasteiger partial charge in [-0.05, 0) is 18.6 Å². The Morgan fingerprint density at radius 1 is 1.25 bits per heavy atom. The van der Waals surface area contributed by atoms with Crippen LogP contribution in [-0.2, 0) is 0 Å². The zero-order valence-corrected chi connectivity index (χ0v) is 9.94. The highest BCUT2D eigenvalue weighted by Gasteiger charge is 2.19. The van der Waals surface area contributed by atoms with E-state index in [1.807, 2.05) is 21.3 Å². The van der Waals surface area contributed by atoms with Gasteiger partial charge >= 0.3 is 0 Å². The van der Waals surface area contributed by atoms with Crippen LogP contribution in [0.1, 0.15) is 16.9 Å². The third-order valence-corrected chi connectivity index (χ3v) is 3.04. The Labute approximate surface area is 101 Å². The summed E-state index contributed by atoms with van der Waals surface area (Å²) in [7, 11) is 0. The SMILES string of the molecule is O=C(c1ccccn1)N1CCCN(S)CC1. The van der Waals surface area contributed by atoms with E-state index in [0.717, 1.165) is 32.6 Å². The molecule has 0 saturated carbocycles. The zero-order chi connectivity index (χ0) is 11.4. The monoisotopic (exact) mass is 237 g/mol. The summed E-state index contributed by atoms with van der Waals surface area (Å²) in [6, 6.07) is 5.41. The molecular weight excluding hydrogens is 222 g/mol. The van der Waals surface area contributed by atoms with E-state index >= 15 is 0 Å². The molecule has 0 aliphatic carbocycles. The van der Waals surface area contributed by atoms with Gasteiger partial charge in [0.05, 0.1) is 0 Å². The minimum absolute atomic E-state index is 0.0178. The Hall–Kier alpha value is -1.07. The Kier molecular flexibility index (Phi) is 3.79. The third kappa shape index (κ3) is 2.74. The molecule has 0 unspecified atom stereocenters. The first-order valence-corrected chi connectivity index (χ1v) is 5.81. The molecule has 1 aliphatic rings. The average Bonchev–Trinajstić information content (AvgIpc) is 2.54. The van der Waals surface area contributed by atoms with E-state index < -0.39 is 0 Å². The maximum atomic E-state index is 12.1. The first-order chi connectivity index (χ1) is 7.77. The van der Waals surface area contributed by atoms with Crippen LogP contribution in [0.2, 0.25) is 0 Å². The molecule has 0 atom stereocenters. The molecule has 0 spiro atoms. The quantitative estimate of drug-likeness (QED) is 0.742. The molecule has 0 radical (unpaired) electrons. The lowest BCUT2D eigenvalue weighted by Gasteiger charge is -2.19. The summed E-state index contributed by atoms with van der Waals surface area (Å²) in [5, 5.41) is 0. The first-order valence-electron chi connectivity index (χ1n) is 5.41. The highest BCUT2D eigenvalue weighted by molar-refractivity contribution is 7.77. The van der Waals surface area contributed by atoms with Gasteiger partial charge in [0.2, 0.25) is 0 Å². The number of amides is 1. The van der Waals surface area contributed by atoms with Crippen molar-refractivity contribution in [2.75, 3.05) is 26.2 Å². The maximum absolute atomic E-state index is 12.1. The molecule has 1 amide bonds. The molecule has 0 N–H and O–H groups in total. The average molecular weight is 237 g/mol. The van der Waals surface area contributed by atoms with E-state index in [1.54, 1.807) is 12.3 Å². The van der Waals surface area contributed by atoms with Crippen LogP contribution < -0.4 is 0 Å². The number of aromatic nitrogens is 1. The van der Waals surface area contributed by atoms with Crippen molar-refractivity contribution in [1.82, 2.24) is 14.2 Å². The molecule has 1 aromatic rings. The van der Waals surface area contributed by atoms with Gasteiger partial charge in [-0.3, -0.25) is 14.1 Å². The summed E-state index contributed by atoms with van der Waals surface area (Å²) in [4.78, 5) is 18.0. The summed E-state index contributed by atoms with van der Waals surface area (Å²) >= 11 is 4.31. The van der Waals surface area contributed by atoms with Crippen molar-refractivity contribution in [3.05, 3.63) is 30.1 Å². The number of hydrogen-bond donors (Lipinski definition) is 1. The van der Waals surface area contributed by atoms with E-state index in [-0.39, 0.29) is 5.91 Å². The fourth-order valence-corrected chi connectivity index (χ4v) is 1.99. The molecule has 2 rings (SSSR count). The fourth-order valence-electron chi connectivity index (χ4n) is 1.76. The van der Waals surface area contributed by atoms with Crippen LogP contribution in [0.5, 0.6) is 0 Å². The van der Waals surface area contributed by atoms with Gasteiger partial charge in [-0.2, -0.15) is 0 Å². The lowest BCUT2D eigenvalue weighted by Crippen LogP contribution is -2.34. The van der Waals surface area contributed by atoms with E-state index in [0.29, 0.717) is 5.69 Å². The molecule has 2 heterocycles. The molecule has 0 bridgehead atoms. The molecule has 16 heavy (non-hydrogen) atoms. The second-order valence-corrected chi connectivity index (χ2v) is 4.38. The molecule has 1 aliphatic heterocycles. The number of carbonyl (C=O) groups excluding carboxylic acids is 1. The van der Waals surface area contributed by atoms with Gasteiger partial charge in [0.25, 0.3) is 5.91 Å². The molecule has 4 nitrogen and oxygen atoms in total. The van der Waals surface area contributed by atoms with Crippen LogP contribution in [0.4, 0.5) is 0 Å². The summed E-state index contributed by atoms with van der Waals surface area (Å²) < 4.78 is 1.95. The number of thiol groups is 1. The van der Waals surface area contributed by atoms with Crippen LogP contribution in [-0.4, -0.2) is 46.3 Å². The fraction of sp³-hybridized carbons (Fsp3) is 0.455. The second kappa shape index (κ2) is 5.32. The van der Waals surface area contributed by atoms with Crippen LogP contribution in [0, 0.1) is 0 Å². The normalized spacial score (nSPS) is 18.2. The molecule has 1 fully saturated rings. The van der Waals surface area contributed by atoms with Gasteiger partial charge < -0.3 is 4.90 Å². The van der Waals surface area contributed by atoms with Crippen molar-refractivity contribution >= 4 is 18.7 Å². The van der Waals surface area contributed by atoms with Crippen molar-refractivity contribution in [3.63, 3.8) is 0 Å². The smallest absolute Gasteiger partial charge is 0.272 e. The molecule has 1 aromatic heterocycles. The highest BCUT2D eigenvalue weighted by Crippen LogP contribution is 2.08. The summed E-state index contributed by atoms with van der Waals surface area (Å²) in [5.41, 5.74) is 0.523.